The van der Waals surface area contributed by atoms with Crippen molar-refractivity contribution in [3.63, 3.8) is 0 Å². The fraction of sp³-hybridized carbons (Fsp3) is 0.412. The molecule has 6 heteroatoms. The van der Waals surface area contributed by atoms with E-state index in [4.69, 9.17) is 16.3 Å². The number of hydrogen-bond donors (Lipinski definition) is 2. The van der Waals surface area contributed by atoms with E-state index in [1.54, 1.807) is 0 Å². The average Bonchev–Trinajstić information content (AvgIpc) is 3.01. The molecule has 2 heterocycles. The first-order valence-corrected chi connectivity index (χ1v) is 8.22. The van der Waals surface area contributed by atoms with Crippen molar-refractivity contribution in [1.29, 1.82) is 0 Å². The summed E-state index contributed by atoms with van der Waals surface area (Å²) in [6.45, 7) is 5.59. The van der Waals surface area contributed by atoms with Gasteiger partial charge in [0.25, 0.3) is 0 Å². The van der Waals surface area contributed by atoms with Crippen LogP contribution in [0.5, 0.6) is 0 Å². The molecule has 1 unspecified atom stereocenters. The maximum atomic E-state index is 5.99. The summed E-state index contributed by atoms with van der Waals surface area (Å²) < 4.78 is 5.62. The lowest BCUT2D eigenvalue weighted by atomic mass is 10.2. The summed E-state index contributed by atoms with van der Waals surface area (Å²) in [5, 5.41) is 7.32. The standard InChI is InChI=1S/C17H21ClN4O/c1-11-8-13(18)5-6-15(11)21-17-20-12(2)9-16(22-17)19-10-14-4-3-7-23-14/h5-6,8-9,14H,3-4,7,10H2,1-2H3,(H2,19,20,21,22). The zero-order valence-corrected chi connectivity index (χ0v) is 14.2. The quantitative estimate of drug-likeness (QED) is 0.864. The fourth-order valence-corrected chi connectivity index (χ4v) is 2.85. The Kier molecular flexibility index (Phi) is 4.98. The molecule has 1 saturated heterocycles. The number of hydrogen-bond acceptors (Lipinski definition) is 5. The molecule has 0 aliphatic carbocycles. The number of aromatic nitrogens is 2. The molecule has 1 aliphatic rings. The first kappa shape index (κ1) is 16.0. The zero-order chi connectivity index (χ0) is 16.2. The Morgan fingerprint density at radius 3 is 2.87 bits per heavy atom. The van der Waals surface area contributed by atoms with E-state index in [1.165, 1.54) is 0 Å². The van der Waals surface area contributed by atoms with Gasteiger partial charge in [-0.15, -0.1) is 0 Å². The summed E-state index contributed by atoms with van der Waals surface area (Å²) in [5.41, 5.74) is 2.91. The van der Waals surface area contributed by atoms with Crippen LogP contribution in [0, 0.1) is 13.8 Å². The Bertz CT molecular complexity index is 686. The maximum absolute atomic E-state index is 5.99. The van der Waals surface area contributed by atoms with Crippen LogP contribution in [0.3, 0.4) is 0 Å². The van der Waals surface area contributed by atoms with Crippen LogP contribution < -0.4 is 10.6 Å². The van der Waals surface area contributed by atoms with Crippen LogP contribution in [-0.2, 0) is 4.74 Å². The summed E-state index contributed by atoms with van der Waals surface area (Å²) in [6.07, 6.45) is 2.52. The average molecular weight is 333 g/mol. The first-order valence-electron chi connectivity index (χ1n) is 7.84. The third-order valence-electron chi connectivity index (χ3n) is 3.82. The highest BCUT2D eigenvalue weighted by Crippen LogP contribution is 2.23. The molecule has 2 N–H and O–H groups in total. The molecule has 0 amide bonds. The minimum absolute atomic E-state index is 0.278. The Balaban J connectivity index is 1.71. The van der Waals surface area contributed by atoms with Gasteiger partial charge in [0, 0.05) is 35.6 Å². The van der Waals surface area contributed by atoms with Crippen molar-refractivity contribution in [3.05, 3.63) is 40.5 Å². The highest BCUT2D eigenvalue weighted by Gasteiger charge is 2.15. The Morgan fingerprint density at radius 1 is 1.26 bits per heavy atom. The molecule has 3 rings (SSSR count). The second-order valence-electron chi connectivity index (χ2n) is 5.82. The third kappa shape index (κ3) is 4.33. The van der Waals surface area contributed by atoms with E-state index in [2.05, 4.69) is 20.6 Å². The van der Waals surface area contributed by atoms with Crippen LogP contribution in [0.15, 0.2) is 24.3 Å². The van der Waals surface area contributed by atoms with Crippen LogP contribution in [0.4, 0.5) is 17.5 Å². The van der Waals surface area contributed by atoms with Crippen molar-refractivity contribution in [2.75, 3.05) is 23.8 Å². The van der Waals surface area contributed by atoms with Gasteiger partial charge in [0.05, 0.1) is 6.10 Å². The van der Waals surface area contributed by atoms with Gasteiger partial charge >= 0.3 is 0 Å². The molecular formula is C17H21ClN4O. The van der Waals surface area contributed by atoms with Crippen LogP contribution in [0.1, 0.15) is 24.1 Å². The van der Waals surface area contributed by atoms with Gasteiger partial charge in [0.1, 0.15) is 5.82 Å². The molecule has 1 aromatic heterocycles. The summed E-state index contributed by atoms with van der Waals surface area (Å²) in [6, 6.07) is 7.64. The van der Waals surface area contributed by atoms with E-state index in [1.807, 2.05) is 38.1 Å². The van der Waals surface area contributed by atoms with Gasteiger partial charge in [-0.05, 0) is 50.5 Å². The minimum Gasteiger partial charge on any atom is -0.376 e. The number of anilines is 3. The fourth-order valence-electron chi connectivity index (χ4n) is 2.63. The Labute approximate surface area is 141 Å². The highest BCUT2D eigenvalue weighted by molar-refractivity contribution is 6.30. The predicted octanol–water partition coefficient (Wildman–Crippen LogP) is 4.08. The predicted molar refractivity (Wildman–Crippen MR) is 93.7 cm³/mol. The van der Waals surface area contributed by atoms with E-state index >= 15 is 0 Å². The lowest BCUT2D eigenvalue weighted by Crippen LogP contribution is -2.19. The molecule has 23 heavy (non-hydrogen) atoms. The second kappa shape index (κ2) is 7.15. The Morgan fingerprint density at radius 2 is 2.13 bits per heavy atom. The number of ether oxygens (including phenoxy) is 1. The van der Waals surface area contributed by atoms with E-state index in [-0.39, 0.29) is 6.10 Å². The van der Waals surface area contributed by atoms with Crippen molar-refractivity contribution in [3.8, 4) is 0 Å². The molecule has 0 radical (unpaired) electrons. The monoisotopic (exact) mass is 332 g/mol. The number of benzene rings is 1. The van der Waals surface area contributed by atoms with Crippen molar-refractivity contribution in [2.24, 2.45) is 0 Å². The molecule has 1 atom stereocenters. The lowest BCUT2D eigenvalue weighted by Gasteiger charge is -2.13. The van der Waals surface area contributed by atoms with Gasteiger partial charge in [-0.2, -0.15) is 4.98 Å². The largest absolute Gasteiger partial charge is 0.376 e. The lowest BCUT2D eigenvalue weighted by molar-refractivity contribution is 0.120. The summed E-state index contributed by atoms with van der Waals surface area (Å²) in [7, 11) is 0. The van der Waals surface area contributed by atoms with Gasteiger partial charge in [-0.25, -0.2) is 4.98 Å². The number of nitrogens with zero attached hydrogens (tertiary/aromatic N) is 2. The van der Waals surface area contributed by atoms with E-state index in [9.17, 15) is 0 Å². The van der Waals surface area contributed by atoms with Crippen molar-refractivity contribution < 1.29 is 4.74 Å². The van der Waals surface area contributed by atoms with Crippen molar-refractivity contribution in [1.82, 2.24) is 9.97 Å². The van der Waals surface area contributed by atoms with E-state index in [0.717, 1.165) is 53.8 Å². The molecule has 1 fully saturated rings. The van der Waals surface area contributed by atoms with E-state index in [0.29, 0.717) is 5.95 Å². The summed E-state index contributed by atoms with van der Waals surface area (Å²) in [5.74, 6) is 1.38. The van der Waals surface area contributed by atoms with Gasteiger partial charge in [-0.3, -0.25) is 0 Å². The molecule has 5 nitrogen and oxygen atoms in total. The second-order valence-corrected chi connectivity index (χ2v) is 6.25. The number of nitrogens with one attached hydrogen (secondary N) is 2. The first-order chi connectivity index (χ1) is 11.1. The van der Waals surface area contributed by atoms with Crippen LogP contribution in [-0.4, -0.2) is 29.2 Å². The SMILES string of the molecule is Cc1cc(NCC2CCCO2)nc(Nc2ccc(Cl)cc2C)n1. The topological polar surface area (TPSA) is 59.1 Å². The highest BCUT2D eigenvalue weighted by atomic mass is 35.5. The molecule has 0 spiro atoms. The molecule has 0 saturated carbocycles. The van der Waals surface area contributed by atoms with Gasteiger partial charge in [-0.1, -0.05) is 11.6 Å². The molecule has 1 aliphatic heterocycles. The van der Waals surface area contributed by atoms with Crippen molar-refractivity contribution >= 4 is 29.1 Å². The Hall–Kier alpha value is -1.85. The molecular weight excluding hydrogens is 312 g/mol. The smallest absolute Gasteiger partial charge is 0.229 e. The zero-order valence-electron chi connectivity index (χ0n) is 13.4. The van der Waals surface area contributed by atoms with Crippen LogP contribution >= 0.6 is 11.6 Å². The molecule has 1 aromatic carbocycles. The summed E-state index contributed by atoms with van der Waals surface area (Å²) in [4.78, 5) is 8.98. The third-order valence-corrected chi connectivity index (χ3v) is 4.06. The van der Waals surface area contributed by atoms with Gasteiger partial charge in [0.2, 0.25) is 5.95 Å². The van der Waals surface area contributed by atoms with E-state index < -0.39 is 0 Å². The molecule has 122 valence electrons. The summed E-state index contributed by atoms with van der Waals surface area (Å²) >= 11 is 5.99. The number of halogens is 1. The minimum atomic E-state index is 0.278. The molecule has 0 bridgehead atoms. The maximum Gasteiger partial charge on any atom is 0.229 e. The molecule has 2 aromatic rings. The van der Waals surface area contributed by atoms with Gasteiger partial charge < -0.3 is 15.4 Å². The van der Waals surface area contributed by atoms with Crippen LogP contribution in [0.2, 0.25) is 5.02 Å². The number of aryl methyl sites for hydroxylation is 2. The van der Waals surface area contributed by atoms with Crippen LogP contribution in [0.25, 0.3) is 0 Å². The normalized spacial score (nSPS) is 17.3. The number of rotatable bonds is 5. The van der Waals surface area contributed by atoms with Crippen molar-refractivity contribution in [2.45, 2.75) is 32.8 Å². The van der Waals surface area contributed by atoms with Gasteiger partial charge in [0.15, 0.2) is 0 Å².